The summed E-state index contributed by atoms with van der Waals surface area (Å²) in [6.45, 7) is 4.78. The molecule has 0 aromatic carbocycles. The zero-order valence-electron chi connectivity index (χ0n) is 7.34. The molecule has 0 heterocycles. The standard InChI is InChI=1S/C9H17N.ClH/c1-9(2)6-3-4-7(9)8(10)5-6;/h6-8H,3-5,10H2,1-2H3;1H/t6-,7+,8?;/m0./s1. The van der Waals surface area contributed by atoms with E-state index in [1.807, 2.05) is 0 Å². The summed E-state index contributed by atoms with van der Waals surface area (Å²) in [6.07, 6.45) is 4.11. The molecule has 2 aliphatic rings. The average molecular weight is 176 g/mol. The first-order valence-corrected chi connectivity index (χ1v) is 4.38. The highest BCUT2D eigenvalue weighted by atomic mass is 35.5. The van der Waals surface area contributed by atoms with Crippen LogP contribution in [0.15, 0.2) is 0 Å². The van der Waals surface area contributed by atoms with Gasteiger partial charge in [0.05, 0.1) is 0 Å². The molecule has 0 spiro atoms. The van der Waals surface area contributed by atoms with Crippen molar-refractivity contribution in [2.24, 2.45) is 23.0 Å². The van der Waals surface area contributed by atoms with Gasteiger partial charge in [-0.15, -0.1) is 12.4 Å². The Kier molecular flexibility index (Phi) is 2.24. The van der Waals surface area contributed by atoms with E-state index in [0.29, 0.717) is 11.5 Å². The van der Waals surface area contributed by atoms with Gasteiger partial charge >= 0.3 is 0 Å². The molecule has 0 saturated heterocycles. The van der Waals surface area contributed by atoms with Crippen LogP contribution in [0.3, 0.4) is 0 Å². The molecule has 2 heteroatoms. The lowest BCUT2D eigenvalue weighted by Crippen LogP contribution is -2.29. The maximum Gasteiger partial charge on any atom is 0.00752 e. The summed E-state index contributed by atoms with van der Waals surface area (Å²) in [5.74, 6) is 1.77. The normalized spacial score (nSPS) is 45.5. The first-order valence-electron chi connectivity index (χ1n) is 4.38. The molecule has 3 atom stereocenters. The number of halogens is 1. The van der Waals surface area contributed by atoms with Crippen LogP contribution in [0.1, 0.15) is 33.1 Å². The van der Waals surface area contributed by atoms with Gasteiger partial charge in [-0.25, -0.2) is 0 Å². The van der Waals surface area contributed by atoms with Crippen LogP contribution >= 0.6 is 12.4 Å². The smallest absolute Gasteiger partial charge is 0.00752 e. The van der Waals surface area contributed by atoms with Gasteiger partial charge in [-0.05, 0) is 36.5 Å². The molecule has 2 aliphatic carbocycles. The van der Waals surface area contributed by atoms with Crippen molar-refractivity contribution >= 4 is 12.4 Å². The van der Waals surface area contributed by atoms with Crippen LogP contribution in [-0.4, -0.2) is 6.04 Å². The van der Waals surface area contributed by atoms with E-state index in [2.05, 4.69) is 13.8 Å². The number of hydrogen-bond acceptors (Lipinski definition) is 1. The van der Waals surface area contributed by atoms with Crippen molar-refractivity contribution in [2.75, 3.05) is 0 Å². The minimum Gasteiger partial charge on any atom is -0.327 e. The lowest BCUT2D eigenvalue weighted by Gasteiger charge is -2.24. The molecule has 66 valence electrons. The van der Waals surface area contributed by atoms with E-state index in [1.165, 1.54) is 19.3 Å². The minimum atomic E-state index is 0. The summed E-state index contributed by atoms with van der Waals surface area (Å²) in [5, 5.41) is 0. The molecular formula is C9H18ClN. The van der Waals surface area contributed by atoms with E-state index in [9.17, 15) is 0 Å². The molecule has 2 bridgehead atoms. The number of nitrogens with two attached hydrogens (primary N) is 1. The van der Waals surface area contributed by atoms with E-state index >= 15 is 0 Å². The van der Waals surface area contributed by atoms with Crippen LogP contribution in [0.5, 0.6) is 0 Å². The first-order chi connectivity index (χ1) is 4.62. The molecule has 1 unspecified atom stereocenters. The van der Waals surface area contributed by atoms with Crippen molar-refractivity contribution in [3.63, 3.8) is 0 Å². The van der Waals surface area contributed by atoms with Crippen molar-refractivity contribution in [3.05, 3.63) is 0 Å². The van der Waals surface area contributed by atoms with Crippen molar-refractivity contribution < 1.29 is 0 Å². The third kappa shape index (κ3) is 1.09. The van der Waals surface area contributed by atoms with Gasteiger partial charge in [0, 0.05) is 6.04 Å². The maximum absolute atomic E-state index is 6.00. The summed E-state index contributed by atoms with van der Waals surface area (Å²) in [5.41, 5.74) is 6.56. The molecule has 2 fully saturated rings. The van der Waals surface area contributed by atoms with Crippen LogP contribution < -0.4 is 5.73 Å². The summed E-state index contributed by atoms with van der Waals surface area (Å²) in [7, 11) is 0. The van der Waals surface area contributed by atoms with Gasteiger partial charge < -0.3 is 5.73 Å². The highest BCUT2D eigenvalue weighted by molar-refractivity contribution is 5.85. The SMILES string of the molecule is CC1(C)[C@H]2CC[C@@H]1C(N)C2.Cl. The van der Waals surface area contributed by atoms with Gasteiger partial charge in [0.25, 0.3) is 0 Å². The molecule has 0 aromatic rings. The lowest BCUT2D eigenvalue weighted by atomic mass is 9.82. The van der Waals surface area contributed by atoms with Crippen LogP contribution in [0.4, 0.5) is 0 Å². The molecule has 0 aliphatic heterocycles. The number of fused-ring (bicyclic) bond motifs is 2. The lowest BCUT2D eigenvalue weighted by molar-refractivity contribution is 0.253. The molecule has 0 radical (unpaired) electrons. The number of hydrogen-bond donors (Lipinski definition) is 1. The fraction of sp³-hybridized carbons (Fsp3) is 1.00. The zero-order chi connectivity index (χ0) is 7.35. The average Bonchev–Trinajstić information content (AvgIpc) is 2.20. The topological polar surface area (TPSA) is 26.0 Å². The molecule has 2 saturated carbocycles. The maximum atomic E-state index is 6.00. The number of rotatable bonds is 0. The van der Waals surface area contributed by atoms with Gasteiger partial charge in [0.2, 0.25) is 0 Å². The van der Waals surface area contributed by atoms with E-state index in [-0.39, 0.29) is 12.4 Å². The van der Waals surface area contributed by atoms with E-state index in [4.69, 9.17) is 5.73 Å². The third-order valence-corrected chi connectivity index (χ3v) is 3.91. The predicted octanol–water partition coefficient (Wildman–Crippen LogP) is 2.19. The Balaban J connectivity index is 0.000000605. The van der Waals surface area contributed by atoms with Gasteiger partial charge in [0.1, 0.15) is 0 Å². The van der Waals surface area contributed by atoms with Gasteiger partial charge in [-0.2, -0.15) is 0 Å². The van der Waals surface area contributed by atoms with Crippen molar-refractivity contribution in [1.29, 1.82) is 0 Å². The molecule has 0 aromatic heterocycles. The highest BCUT2D eigenvalue weighted by Crippen LogP contribution is 2.56. The van der Waals surface area contributed by atoms with Gasteiger partial charge in [-0.3, -0.25) is 0 Å². The molecular weight excluding hydrogens is 158 g/mol. The van der Waals surface area contributed by atoms with Crippen molar-refractivity contribution in [2.45, 2.75) is 39.2 Å². The van der Waals surface area contributed by atoms with E-state index < -0.39 is 0 Å². The zero-order valence-corrected chi connectivity index (χ0v) is 8.16. The summed E-state index contributed by atoms with van der Waals surface area (Å²) in [4.78, 5) is 0. The Morgan fingerprint density at radius 1 is 1.27 bits per heavy atom. The summed E-state index contributed by atoms with van der Waals surface area (Å²) in [6, 6.07) is 0.522. The minimum absolute atomic E-state index is 0. The Labute approximate surface area is 75.1 Å². The molecule has 2 rings (SSSR count). The van der Waals surface area contributed by atoms with E-state index in [1.54, 1.807) is 0 Å². The van der Waals surface area contributed by atoms with Crippen LogP contribution in [0.25, 0.3) is 0 Å². The van der Waals surface area contributed by atoms with Crippen LogP contribution in [-0.2, 0) is 0 Å². The predicted molar refractivity (Wildman–Crippen MR) is 49.8 cm³/mol. The highest BCUT2D eigenvalue weighted by Gasteiger charge is 2.51. The van der Waals surface area contributed by atoms with Gasteiger partial charge in [-0.1, -0.05) is 13.8 Å². The van der Waals surface area contributed by atoms with Crippen molar-refractivity contribution in [1.82, 2.24) is 0 Å². The monoisotopic (exact) mass is 175 g/mol. The quantitative estimate of drug-likeness (QED) is 0.600. The van der Waals surface area contributed by atoms with Crippen LogP contribution in [0, 0.1) is 17.3 Å². The first kappa shape index (κ1) is 9.34. The van der Waals surface area contributed by atoms with Crippen LogP contribution in [0.2, 0.25) is 0 Å². The Bertz CT molecular complexity index is 156. The molecule has 0 amide bonds. The summed E-state index contributed by atoms with van der Waals surface area (Å²) < 4.78 is 0. The molecule has 2 N–H and O–H groups in total. The van der Waals surface area contributed by atoms with Gasteiger partial charge in [0.15, 0.2) is 0 Å². The second-order valence-electron chi connectivity index (χ2n) is 4.60. The largest absolute Gasteiger partial charge is 0.327 e. The molecule has 11 heavy (non-hydrogen) atoms. The van der Waals surface area contributed by atoms with Crippen molar-refractivity contribution in [3.8, 4) is 0 Å². The second kappa shape index (κ2) is 2.63. The Morgan fingerprint density at radius 3 is 2.09 bits per heavy atom. The molecule has 1 nitrogen and oxygen atoms in total. The fourth-order valence-electron chi connectivity index (χ4n) is 3.11. The van der Waals surface area contributed by atoms with E-state index in [0.717, 1.165) is 11.8 Å². The summed E-state index contributed by atoms with van der Waals surface area (Å²) >= 11 is 0. The third-order valence-electron chi connectivity index (χ3n) is 3.91. The fourth-order valence-corrected chi connectivity index (χ4v) is 3.11. The second-order valence-corrected chi connectivity index (χ2v) is 4.60. The Morgan fingerprint density at radius 2 is 1.91 bits per heavy atom. The Hall–Kier alpha value is 0.250.